The highest BCUT2D eigenvalue weighted by Crippen LogP contribution is 2.31. The number of anilines is 1. The number of nitrogens with one attached hydrogen (secondary N) is 2. The Morgan fingerprint density at radius 1 is 1.03 bits per heavy atom. The number of oxazole rings is 1. The molecule has 1 amide bonds. The number of nitrogens with zero attached hydrogens (tertiary/aromatic N) is 1. The van der Waals surface area contributed by atoms with Gasteiger partial charge in [-0.25, -0.2) is 4.98 Å². The fraction of sp³-hybridized carbons (Fsp3) is 0.0455. The second-order valence-electron chi connectivity index (χ2n) is 6.53. The number of halogens is 2. The lowest BCUT2D eigenvalue weighted by atomic mass is 10.1. The van der Waals surface area contributed by atoms with Crippen LogP contribution in [0, 0.1) is 6.92 Å². The van der Waals surface area contributed by atoms with Crippen LogP contribution < -0.4 is 10.6 Å². The lowest BCUT2D eigenvalue weighted by molar-refractivity contribution is 0.0977. The zero-order chi connectivity index (χ0) is 21.3. The number of rotatable bonds is 3. The van der Waals surface area contributed by atoms with Crippen molar-refractivity contribution in [3.05, 3.63) is 81.8 Å². The van der Waals surface area contributed by atoms with Crippen molar-refractivity contribution in [1.82, 2.24) is 10.3 Å². The van der Waals surface area contributed by atoms with Crippen LogP contribution in [0.1, 0.15) is 15.9 Å². The van der Waals surface area contributed by atoms with Gasteiger partial charge in [-0.05, 0) is 73.2 Å². The van der Waals surface area contributed by atoms with E-state index in [0.29, 0.717) is 32.6 Å². The highest BCUT2D eigenvalue weighted by atomic mass is 35.5. The minimum absolute atomic E-state index is 0.171. The van der Waals surface area contributed by atoms with Crippen LogP contribution in [0.25, 0.3) is 22.6 Å². The van der Waals surface area contributed by atoms with Crippen LogP contribution in [0.2, 0.25) is 10.0 Å². The van der Waals surface area contributed by atoms with Gasteiger partial charge in [0.15, 0.2) is 10.7 Å². The molecule has 4 aromatic rings. The number of fused-ring (bicyclic) bond motifs is 1. The molecule has 1 heterocycles. The normalized spacial score (nSPS) is 10.8. The number of aromatic nitrogens is 1. The topological polar surface area (TPSA) is 67.2 Å². The first-order valence-electron chi connectivity index (χ1n) is 8.95. The first-order valence-corrected chi connectivity index (χ1v) is 10.1. The number of amides is 1. The molecule has 30 heavy (non-hydrogen) atoms. The van der Waals surface area contributed by atoms with Crippen molar-refractivity contribution < 1.29 is 9.21 Å². The van der Waals surface area contributed by atoms with Gasteiger partial charge in [0.1, 0.15) is 5.52 Å². The predicted octanol–water partition coefficient (Wildman–Crippen LogP) is 6.24. The van der Waals surface area contributed by atoms with Crippen LogP contribution in [0.15, 0.2) is 65.1 Å². The monoisotopic (exact) mass is 455 g/mol. The van der Waals surface area contributed by atoms with Crippen LogP contribution >= 0.6 is 35.4 Å². The van der Waals surface area contributed by atoms with E-state index in [1.54, 1.807) is 42.5 Å². The van der Waals surface area contributed by atoms with E-state index in [9.17, 15) is 4.79 Å². The van der Waals surface area contributed by atoms with Crippen LogP contribution in [0.4, 0.5) is 5.69 Å². The summed E-state index contributed by atoms with van der Waals surface area (Å²) in [6.45, 7) is 1.92. The Balaban J connectivity index is 1.55. The van der Waals surface area contributed by atoms with Gasteiger partial charge in [-0.15, -0.1) is 0 Å². The van der Waals surface area contributed by atoms with Crippen LogP contribution in [-0.4, -0.2) is 16.0 Å². The summed E-state index contributed by atoms with van der Waals surface area (Å²) in [6, 6.07) is 17.5. The molecule has 150 valence electrons. The third-order valence-electron chi connectivity index (χ3n) is 4.48. The van der Waals surface area contributed by atoms with Gasteiger partial charge in [0, 0.05) is 26.9 Å². The average Bonchev–Trinajstić information content (AvgIpc) is 3.12. The number of hydrogen-bond donors (Lipinski definition) is 2. The minimum Gasteiger partial charge on any atom is -0.436 e. The number of hydrogen-bond acceptors (Lipinski definition) is 4. The Labute approximate surface area is 188 Å². The zero-order valence-corrected chi connectivity index (χ0v) is 18.0. The molecule has 0 atom stereocenters. The summed E-state index contributed by atoms with van der Waals surface area (Å²) in [5.74, 6) is 0.127. The molecule has 8 heteroatoms. The molecule has 0 saturated heterocycles. The van der Waals surface area contributed by atoms with Crippen LogP contribution in [0.5, 0.6) is 0 Å². The molecular formula is C22H15Cl2N3O2S. The number of carbonyl (C=O) groups is 1. The molecule has 4 rings (SSSR count). The minimum atomic E-state index is -0.348. The molecule has 0 unspecified atom stereocenters. The van der Waals surface area contributed by atoms with Crippen molar-refractivity contribution in [2.75, 3.05) is 5.32 Å². The number of benzene rings is 3. The van der Waals surface area contributed by atoms with Gasteiger partial charge in [-0.2, -0.15) is 0 Å². The molecule has 0 radical (unpaired) electrons. The van der Waals surface area contributed by atoms with Crippen molar-refractivity contribution in [1.29, 1.82) is 0 Å². The van der Waals surface area contributed by atoms with E-state index in [2.05, 4.69) is 15.6 Å². The Kier molecular flexibility index (Phi) is 5.72. The number of carbonyl (C=O) groups excluding carboxylic acids is 1. The third kappa shape index (κ3) is 4.31. The first-order chi connectivity index (χ1) is 14.4. The lowest BCUT2D eigenvalue weighted by Gasteiger charge is -2.13. The van der Waals surface area contributed by atoms with Crippen LogP contribution in [0.3, 0.4) is 0 Å². The summed E-state index contributed by atoms with van der Waals surface area (Å²) in [4.78, 5) is 16.9. The summed E-state index contributed by atoms with van der Waals surface area (Å²) in [5, 5.41) is 6.95. The molecular weight excluding hydrogens is 441 g/mol. The quantitative estimate of drug-likeness (QED) is 0.358. The molecule has 0 aliphatic heterocycles. The van der Waals surface area contributed by atoms with E-state index < -0.39 is 0 Å². The van der Waals surface area contributed by atoms with E-state index in [1.165, 1.54) is 0 Å². The fourth-order valence-electron chi connectivity index (χ4n) is 2.98. The largest absolute Gasteiger partial charge is 0.436 e. The highest BCUT2D eigenvalue weighted by molar-refractivity contribution is 7.80. The standard InChI is InChI=1S/C22H15Cl2N3O2S/c1-12-16(21-25-18-11-15(24)8-9-19(18)29-21)6-3-7-17(12)26-22(30)27-20(28)13-4-2-5-14(23)10-13/h2-11H,1H3,(H2,26,27,28,30). The Bertz CT molecular complexity index is 1290. The van der Waals surface area contributed by atoms with Crippen LogP contribution in [-0.2, 0) is 0 Å². The van der Waals surface area contributed by atoms with Gasteiger partial charge in [-0.3, -0.25) is 10.1 Å². The Morgan fingerprint density at radius 3 is 2.60 bits per heavy atom. The van der Waals surface area contributed by atoms with E-state index in [-0.39, 0.29) is 11.0 Å². The van der Waals surface area contributed by atoms with Crippen molar-refractivity contribution >= 4 is 63.2 Å². The molecule has 3 aromatic carbocycles. The van der Waals surface area contributed by atoms with Gasteiger partial charge in [0.2, 0.25) is 5.89 Å². The molecule has 5 nitrogen and oxygen atoms in total. The second kappa shape index (κ2) is 8.44. The van der Waals surface area contributed by atoms with E-state index >= 15 is 0 Å². The van der Waals surface area contributed by atoms with Gasteiger partial charge in [-0.1, -0.05) is 35.3 Å². The summed E-state index contributed by atoms with van der Waals surface area (Å²) in [7, 11) is 0. The summed E-state index contributed by atoms with van der Waals surface area (Å²) in [5.41, 5.74) is 4.15. The van der Waals surface area contributed by atoms with Crippen molar-refractivity contribution in [2.45, 2.75) is 6.92 Å². The molecule has 2 N–H and O–H groups in total. The highest BCUT2D eigenvalue weighted by Gasteiger charge is 2.15. The maximum Gasteiger partial charge on any atom is 0.257 e. The maximum absolute atomic E-state index is 12.4. The van der Waals surface area contributed by atoms with Gasteiger partial charge in [0.25, 0.3) is 5.91 Å². The molecule has 0 fully saturated rings. The van der Waals surface area contributed by atoms with E-state index in [1.807, 2.05) is 25.1 Å². The fourth-order valence-corrected chi connectivity index (χ4v) is 3.54. The lowest BCUT2D eigenvalue weighted by Crippen LogP contribution is -2.34. The van der Waals surface area contributed by atoms with Gasteiger partial charge < -0.3 is 9.73 Å². The maximum atomic E-state index is 12.4. The molecule has 0 aliphatic rings. The van der Waals surface area contributed by atoms with E-state index in [4.69, 9.17) is 39.8 Å². The summed E-state index contributed by atoms with van der Waals surface area (Å²) in [6.07, 6.45) is 0. The van der Waals surface area contributed by atoms with Crippen molar-refractivity contribution in [3.63, 3.8) is 0 Å². The average molecular weight is 456 g/mol. The van der Waals surface area contributed by atoms with Gasteiger partial charge >= 0.3 is 0 Å². The SMILES string of the molecule is Cc1c(NC(=S)NC(=O)c2cccc(Cl)c2)cccc1-c1nc2cc(Cl)ccc2o1. The number of thiocarbonyl (C=S) groups is 1. The Morgan fingerprint density at radius 2 is 1.80 bits per heavy atom. The molecule has 1 aromatic heterocycles. The molecule has 0 aliphatic carbocycles. The zero-order valence-electron chi connectivity index (χ0n) is 15.7. The first kappa shape index (κ1) is 20.3. The molecule has 0 spiro atoms. The van der Waals surface area contributed by atoms with Crippen molar-refractivity contribution in [3.8, 4) is 11.5 Å². The summed E-state index contributed by atoms with van der Waals surface area (Å²) >= 11 is 17.3. The Hall–Kier alpha value is -2.93. The smallest absolute Gasteiger partial charge is 0.257 e. The molecule has 0 saturated carbocycles. The summed E-state index contributed by atoms with van der Waals surface area (Å²) < 4.78 is 5.87. The van der Waals surface area contributed by atoms with E-state index in [0.717, 1.165) is 16.8 Å². The van der Waals surface area contributed by atoms with Gasteiger partial charge in [0.05, 0.1) is 0 Å². The molecule has 0 bridgehead atoms. The third-order valence-corrected chi connectivity index (χ3v) is 5.15. The predicted molar refractivity (Wildman–Crippen MR) is 124 cm³/mol. The van der Waals surface area contributed by atoms with Crippen molar-refractivity contribution in [2.24, 2.45) is 0 Å². The second-order valence-corrected chi connectivity index (χ2v) is 7.81.